The first kappa shape index (κ1) is 16.9. The summed E-state index contributed by atoms with van der Waals surface area (Å²) in [5.74, 6) is 1.55. The number of para-hydroxylation sites is 2. The van der Waals surface area contributed by atoms with E-state index in [1.54, 1.807) is 14.2 Å². The molecule has 0 bridgehead atoms. The molecule has 2 aromatic carbocycles. The Bertz CT molecular complexity index is 804. The molecule has 6 nitrogen and oxygen atoms in total. The summed E-state index contributed by atoms with van der Waals surface area (Å²) in [6, 6.07) is 15.7. The maximum Gasteiger partial charge on any atom is 0.192 e. The standard InChI is InChI=1S/C18H18N4O2S2/c1-23-13-9-5-3-7-11(13)15-19-17(25)22-16(20-18(26)21(15)22)12-8-4-6-10-14(12)24-2/h3-10,15-16H,1-2H3,(H,19,25)(H,20,26)/t15-,16-/m1/s1. The average molecular weight is 387 g/mol. The maximum absolute atomic E-state index is 5.61. The molecule has 2 aliphatic heterocycles. The van der Waals surface area contributed by atoms with Gasteiger partial charge in [-0.3, -0.25) is 0 Å². The van der Waals surface area contributed by atoms with Gasteiger partial charge in [0.05, 0.1) is 14.2 Å². The SMILES string of the molecule is COc1ccccc1[C@@H]1NC(=S)N2[C@H](c3ccccc3OC)NC(=S)N12. The number of rotatable bonds is 4. The highest BCUT2D eigenvalue weighted by Crippen LogP contribution is 2.41. The lowest BCUT2D eigenvalue weighted by Crippen LogP contribution is -2.36. The van der Waals surface area contributed by atoms with Crippen molar-refractivity contribution >= 4 is 34.7 Å². The van der Waals surface area contributed by atoms with Crippen LogP contribution in [0.3, 0.4) is 0 Å². The Balaban J connectivity index is 1.74. The van der Waals surface area contributed by atoms with Gasteiger partial charge in [0.1, 0.15) is 11.5 Å². The Morgan fingerprint density at radius 2 is 1.12 bits per heavy atom. The quantitative estimate of drug-likeness (QED) is 0.778. The van der Waals surface area contributed by atoms with E-state index in [0.717, 1.165) is 22.6 Å². The third kappa shape index (κ3) is 2.53. The van der Waals surface area contributed by atoms with E-state index in [9.17, 15) is 0 Å². The molecule has 2 saturated heterocycles. The van der Waals surface area contributed by atoms with E-state index in [1.165, 1.54) is 0 Å². The number of methoxy groups -OCH3 is 2. The number of fused-ring (bicyclic) bond motifs is 1. The van der Waals surface area contributed by atoms with E-state index >= 15 is 0 Å². The zero-order valence-corrected chi connectivity index (χ0v) is 15.9. The van der Waals surface area contributed by atoms with Crippen LogP contribution in [0.15, 0.2) is 48.5 Å². The smallest absolute Gasteiger partial charge is 0.192 e. The zero-order chi connectivity index (χ0) is 18.3. The molecule has 2 aromatic rings. The third-order valence-corrected chi connectivity index (χ3v) is 5.13. The molecule has 26 heavy (non-hydrogen) atoms. The van der Waals surface area contributed by atoms with Crippen LogP contribution in [-0.4, -0.2) is 34.5 Å². The van der Waals surface area contributed by atoms with Crippen LogP contribution in [0.5, 0.6) is 11.5 Å². The molecule has 0 aromatic heterocycles. The number of hydrazine groups is 1. The average Bonchev–Trinajstić information content (AvgIpc) is 3.20. The fraction of sp³-hybridized carbons (Fsp3) is 0.222. The van der Waals surface area contributed by atoms with E-state index in [0.29, 0.717) is 10.2 Å². The summed E-state index contributed by atoms with van der Waals surface area (Å²) in [4.78, 5) is 0. The van der Waals surface area contributed by atoms with Crippen LogP contribution in [0.1, 0.15) is 23.5 Å². The van der Waals surface area contributed by atoms with Gasteiger partial charge in [-0.2, -0.15) is 0 Å². The topological polar surface area (TPSA) is 49.0 Å². The molecule has 2 N–H and O–H groups in total. The van der Waals surface area contributed by atoms with Crippen molar-refractivity contribution in [3.05, 3.63) is 59.7 Å². The van der Waals surface area contributed by atoms with Gasteiger partial charge < -0.3 is 20.1 Å². The molecule has 2 heterocycles. The van der Waals surface area contributed by atoms with E-state index in [1.807, 2.05) is 58.5 Å². The molecular formula is C18H18N4O2S2. The lowest BCUT2D eigenvalue weighted by Gasteiger charge is -2.27. The molecule has 0 amide bonds. The second kappa shape index (κ2) is 6.62. The lowest BCUT2D eigenvalue weighted by atomic mass is 10.1. The molecule has 134 valence electrons. The van der Waals surface area contributed by atoms with Gasteiger partial charge in [-0.05, 0) is 36.6 Å². The van der Waals surface area contributed by atoms with Gasteiger partial charge in [-0.1, -0.05) is 36.4 Å². The van der Waals surface area contributed by atoms with Crippen LogP contribution in [0, 0.1) is 0 Å². The minimum absolute atomic E-state index is 0.238. The van der Waals surface area contributed by atoms with Crippen molar-refractivity contribution in [3.8, 4) is 11.5 Å². The van der Waals surface area contributed by atoms with E-state index in [2.05, 4.69) is 10.6 Å². The first-order valence-corrected chi connectivity index (χ1v) is 8.92. The van der Waals surface area contributed by atoms with Gasteiger partial charge in [0.2, 0.25) is 0 Å². The van der Waals surface area contributed by atoms with Crippen molar-refractivity contribution in [2.45, 2.75) is 12.3 Å². The van der Waals surface area contributed by atoms with E-state index in [-0.39, 0.29) is 12.3 Å². The number of thiocarbonyl (C=S) groups is 2. The molecule has 0 saturated carbocycles. The number of ether oxygens (including phenoxy) is 2. The highest BCUT2D eigenvalue weighted by Gasteiger charge is 2.48. The highest BCUT2D eigenvalue weighted by atomic mass is 32.1. The number of nitrogens with one attached hydrogen (secondary N) is 2. The van der Waals surface area contributed by atoms with Gasteiger partial charge in [0, 0.05) is 11.1 Å². The Hall–Kier alpha value is -2.58. The molecular weight excluding hydrogens is 368 g/mol. The van der Waals surface area contributed by atoms with Gasteiger partial charge in [0.15, 0.2) is 22.6 Å². The predicted molar refractivity (Wildman–Crippen MR) is 107 cm³/mol. The summed E-state index contributed by atoms with van der Waals surface area (Å²) >= 11 is 11.2. The summed E-state index contributed by atoms with van der Waals surface area (Å²) in [6.07, 6.45) is -0.475. The number of nitrogens with zero attached hydrogens (tertiary/aromatic N) is 2. The van der Waals surface area contributed by atoms with Crippen LogP contribution in [0.2, 0.25) is 0 Å². The van der Waals surface area contributed by atoms with Crippen molar-refractivity contribution in [2.24, 2.45) is 0 Å². The first-order chi connectivity index (χ1) is 12.7. The normalized spacial score (nSPS) is 21.3. The van der Waals surface area contributed by atoms with Gasteiger partial charge >= 0.3 is 0 Å². The van der Waals surface area contributed by atoms with Crippen LogP contribution in [-0.2, 0) is 0 Å². The highest BCUT2D eigenvalue weighted by molar-refractivity contribution is 7.80. The van der Waals surface area contributed by atoms with Crippen LogP contribution in [0.4, 0.5) is 0 Å². The predicted octanol–water partition coefficient (Wildman–Crippen LogP) is 2.70. The molecule has 0 radical (unpaired) electrons. The summed E-state index contributed by atoms with van der Waals surface area (Å²) in [6.45, 7) is 0. The van der Waals surface area contributed by atoms with Crippen LogP contribution >= 0.6 is 24.4 Å². The Morgan fingerprint density at radius 1 is 0.731 bits per heavy atom. The lowest BCUT2D eigenvalue weighted by molar-refractivity contribution is 0.111. The van der Waals surface area contributed by atoms with Crippen molar-refractivity contribution in [3.63, 3.8) is 0 Å². The summed E-state index contributed by atoms with van der Waals surface area (Å²) in [5.41, 5.74) is 1.93. The zero-order valence-electron chi connectivity index (χ0n) is 14.3. The summed E-state index contributed by atoms with van der Waals surface area (Å²) < 4.78 is 11.0. The van der Waals surface area contributed by atoms with Crippen molar-refractivity contribution in [1.29, 1.82) is 0 Å². The second-order valence-corrected chi connectivity index (χ2v) is 6.65. The molecule has 4 rings (SSSR count). The van der Waals surface area contributed by atoms with Gasteiger partial charge in [-0.25, -0.2) is 10.0 Å². The van der Waals surface area contributed by atoms with Crippen LogP contribution in [0.25, 0.3) is 0 Å². The molecule has 0 spiro atoms. The molecule has 0 unspecified atom stereocenters. The van der Waals surface area contributed by atoms with Crippen molar-refractivity contribution in [1.82, 2.24) is 20.7 Å². The van der Waals surface area contributed by atoms with Crippen LogP contribution < -0.4 is 20.1 Å². The van der Waals surface area contributed by atoms with Gasteiger partial charge in [0.25, 0.3) is 0 Å². The molecule has 2 atom stereocenters. The minimum atomic E-state index is -0.238. The Kier molecular flexibility index (Phi) is 4.29. The molecule has 0 aliphatic carbocycles. The maximum atomic E-state index is 5.61. The summed E-state index contributed by atoms with van der Waals surface area (Å²) in [5, 5.41) is 11.8. The Labute approximate surface area is 162 Å². The number of hydrogen-bond donors (Lipinski definition) is 2. The fourth-order valence-electron chi connectivity index (χ4n) is 3.37. The first-order valence-electron chi connectivity index (χ1n) is 8.11. The third-order valence-electron chi connectivity index (χ3n) is 4.52. The number of benzene rings is 2. The monoisotopic (exact) mass is 386 g/mol. The van der Waals surface area contributed by atoms with Crippen molar-refractivity contribution in [2.75, 3.05) is 14.2 Å². The fourth-order valence-corrected chi connectivity index (χ4v) is 3.98. The minimum Gasteiger partial charge on any atom is -0.496 e. The molecule has 2 fully saturated rings. The van der Waals surface area contributed by atoms with Gasteiger partial charge in [-0.15, -0.1) is 0 Å². The summed E-state index contributed by atoms with van der Waals surface area (Å²) in [7, 11) is 3.31. The second-order valence-electron chi connectivity index (χ2n) is 5.88. The Morgan fingerprint density at radius 3 is 1.50 bits per heavy atom. The van der Waals surface area contributed by atoms with Crippen molar-refractivity contribution < 1.29 is 9.47 Å². The largest absolute Gasteiger partial charge is 0.496 e. The molecule has 8 heteroatoms. The van der Waals surface area contributed by atoms with E-state index in [4.69, 9.17) is 33.9 Å². The molecule has 2 aliphatic rings. The number of hydrogen-bond acceptors (Lipinski definition) is 4. The van der Waals surface area contributed by atoms with E-state index < -0.39 is 0 Å².